The molecule has 1 saturated carbocycles. The molecule has 3 fully saturated rings. The van der Waals surface area contributed by atoms with Gasteiger partial charge in [-0.2, -0.15) is 0 Å². The van der Waals surface area contributed by atoms with Gasteiger partial charge in [-0.3, -0.25) is 14.4 Å². The number of rotatable bonds is 2. The van der Waals surface area contributed by atoms with Gasteiger partial charge in [-0.1, -0.05) is 32.1 Å². The lowest BCUT2D eigenvalue weighted by Gasteiger charge is -2.33. The zero-order chi connectivity index (χ0) is 19.1. The molecular weight excluding hydrogens is 342 g/mol. The summed E-state index contributed by atoms with van der Waals surface area (Å²) in [6, 6.07) is -0.312. The van der Waals surface area contributed by atoms with E-state index in [0.29, 0.717) is 26.1 Å². The summed E-state index contributed by atoms with van der Waals surface area (Å²) < 4.78 is 0. The van der Waals surface area contributed by atoms with Crippen molar-refractivity contribution in [2.75, 3.05) is 26.2 Å². The number of nitrogens with one attached hydrogen (secondary N) is 1. The van der Waals surface area contributed by atoms with Crippen molar-refractivity contribution in [3.63, 3.8) is 0 Å². The Labute approximate surface area is 163 Å². The standard InChI is InChI=1S/C21H35N3O3/c25-19-12-16-23(14-7-2-1-6-13-22-19)21(27)18-11-8-15-24(18)20(26)17-9-4-3-5-10-17/h17-18H,1-16H2,(H,22,25)/t18-/m0/s1. The van der Waals surface area contributed by atoms with Crippen molar-refractivity contribution >= 4 is 17.7 Å². The normalized spacial score (nSPS) is 26.4. The maximum Gasteiger partial charge on any atom is 0.245 e. The molecule has 6 nitrogen and oxygen atoms in total. The lowest BCUT2D eigenvalue weighted by Crippen LogP contribution is -2.50. The molecule has 152 valence electrons. The second-order valence-corrected chi connectivity index (χ2v) is 8.36. The summed E-state index contributed by atoms with van der Waals surface area (Å²) in [5.41, 5.74) is 0. The van der Waals surface area contributed by atoms with Crippen molar-refractivity contribution in [1.29, 1.82) is 0 Å². The second-order valence-electron chi connectivity index (χ2n) is 8.36. The van der Waals surface area contributed by atoms with Gasteiger partial charge in [0.15, 0.2) is 0 Å². The van der Waals surface area contributed by atoms with E-state index in [1.54, 1.807) is 0 Å². The van der Waals surface area contributed by atoms with E-state index in [4.69, 9.17) is 0 Å². The van der Waals surface area contributed by atoms with Gasteiger partial charge in [0.25, 0.3) is 0 Å². The molecule has 0 aromatic heterocycles. The van der Waals surface area contributed by atoms with Gasteiger partial charge in [0.1, 0.15) is 6.04 Å². The van der Waals surface area contributed by atoms with Crippen molar-refractivity contribution in [1.82, 2.24) is 15.1 Å². The highest BCUT2D eigenvalue weighted by molar-refractivity contribution is 5.89. The molecule has 1 aliphatic carbocycles. The summed E-state index contributed by atoms with van der Waals surface area (Å²) in [5.74, 6) is 0.390. The van der Waals surface area contributed by atoms with Crippen molar-refractivity contribution in [3.8, 4) is 0 Å². The van der Waals surface area contributed by atoms with Gasteiger partial charge in [0.2, 0.25) is 17.7 Å². The Bertz CT molecular complexity index is 531. The smallest absolute Gasteiger partial charge is 0.245 e. The van der Waals surface area contributed by atoms with Crippen LogP contribution in [0.5, 0.6) is 0 Å². The van der Waals surface area contributed by atoms with Gasteiger partial charge in [-0.25, -0.2) is 0 Å². The van der Waals surface area contributed by atoms with E-state index in [2.05, 4.69) is 5.32 Å². The molecule has 2 saturated heterocycles. The Morgan fingerprint density at radius 1 is 0.778 bits per heavy atom. The van der Waals surface area contributed by atoms with Gasteiger partial charge < -0.3 is 15.1 Å². The minimum Gasteiger partial charge on any atom is -0.356 e. The van der Waals surface area contributed by atoms with Crippen molar-refractivity contribution < 1.29 is 14.4 Å². The van der Waals surface area contributed by atoms with Crippen LogP contribution < -0.4 is 5.32 Å². The fourth-order valence-electron chi connectivity index (χ4n) is 4.75. The minimum absolute atomic E-state index is 0.0243. The third kappa shape index (κ3) is 5.45. The Kier molecular flexibility index (Phi) is 7.53. The number of hydrogen-bond acceptors (Lipinski definition) is 3. The van der Waals surface area contributed by atoms with Crippen LogP contribution in [0.25, 0.3) is 0 Å². The molecule has 0 unspecified atom stereocenters. The molecule has 0 aromatic carbocycles. The summed E-state index contributed by atoms with van der Waals surface area (Å²) in [6.45, 7) is 2.61. The first kappa shape index (κ1) is 20.2. The van der Waals surface area contributed by atoms with E-state index in [0.717, 1.165) is 70.8 Å². The fourth-order valence-corrected chi connectivity index (χ4v) is 4.75. The van der Waals surface area contributed by atoms with Crippen molar-refractivity contribution in [2.24, 2.45) is 5.92 Å². The largest absolute Gasteiger partial charge is 0.356 e. The Morgan fingerprint density at radius 3 is 2.33 bits per heavy atom. The maximum atomic E-state index is 13.3. The van der Waals surface area contributed by atoms with E-state index in [1.807, 2.05) is 9.80 Å². The number of likely N-dealkylation sites (tertiary alicyclic amines) is 1. The van der Waals surface area contributed by atoms with Gasteiger partial charge in [-0.05, 0) is 38.5 Å². The maximum absolute atomic E-state index is 13.3. The van der Waals surface area contributed by atoms with Gasteiger partial charge in [-0.15, -0.1) is 0 Å². The highest BCUT2D eigenvalue weighted by Gasteiger charge is 2.39. The molecule has 0 spiro atoms. The molecule has 1 N–H and O–H groups in total. The average Bonchev–Trinajstić information content (AvgIpc) is 3.17. The van der Waals surface area contributed by atoms with Crippen LogP contribution in [0, 0.1) is 5.92 Å². The quantitative estimate of drug-likeness (QED) is 0.804. The first-order chi connectivity index (χ1) is 13.2. The number of carbonyl (C=O) groups excluding carboxylic acids is 3. The highest BCUT2D eigenvalue weighted by atomic mass is 16.2. The predicted octanol–water partition coefficient (Wildman–Crippen LogP) is 2.47. The van der Waals surface area contributed by atoms with Gasteiger partial charge in [0.05, 0.1) is 0 Å². The molecule has 2 aliphatic heterocycles. The molecule has 1 atom stereocenters. The van der Waals surface area contributed by atoms with Crippen molar-refractivity contribution in [3.05, 3.63) is 0 Å². The summed E-state index contributed by atoms with van der Waals surface area (Å²) in [5, 5.41) is 2.94. The summed E-state index contributed by atoms with van der Waals surface area (Å²) in [4.78, 5) is 41.9. The molecular formula is C21H35N3O3. The lowest BCUT2D eigenvalue weighted by atomic mass is 9.88. The molecule has 3 aliphatic rings. The average molecular weight is 378 g/mol. The lowest BCUT2D eigenvalue weighted by molar-refractivity contribution is -0.147. The molecule has 3 rings (SSSR count). The van der Waals surface area contributed by atoms with Crippen LogP contribution in [-0.4, -0.2) is 59.7 Å². The van der Waals surface area contributed by atoms with Gasteiger partial charge in [0, 0.05) is 38.5 Å². The highest BCUT2D eigenvalue weighted by Crippen LogP contribution is 2.29. The van der Waals surface area contributed by atoms with Crippen molar-refractivity contribution in [2.45, 2.75) is 83.1 Å². The van der Waals surface area contributed by atoms with Crippen LogP contribution in [0.1, 0.15) is 77.0 Å². The van der Waals surface area contributed by atoms with E-state index in [1.165, 1.54) is 6.42 Å². The third-order valence-corrected chi connectivity index (χ3v) is 6.37. The first-order valence-corrected chi connectivity index (χ1v) is 11.0. The molecule has 0 aromatic rings. The Balaban J connectivity index is 1.63. The zero-order valence-electron chi connectivity index (χ0n) is 16.6. The molecule has 27 heavy (non-hydrogen) atoms. The van der Waals surface area contributed by atoms with E-state index < -0.39 is 0 Å². The Hall–Kier alpha value is -1.59. The molecule has 3 amide bonds. The van der Waals surface area contributed by atoms with E-state index in [9.17, 15) is 14.4 Å². The van der Waals surface area contributed by atoms with Crippen LogP contribution in [-0.2, 0) is 14.4 Å². The van der Waals surface area contributed by atoms with Crippen LogP contribution in [0.15, 0.2) is 0 Å². The van der Waals surface area contributed by atoms with Gasteiger partial charge >= 0.3 is 0 Å². The third-order valence-electron chi connectivity index (χ3n) is 6.37. The minimum atomic E-state index is -0.312. The van der Waals surface area contributed by atoms with E-state index >= 15 is 0 Å². The SMILES string of the molecule is O=C1CCN(C(=O)[C@@H]2CCCN2C(=O)C2CCCCC2)CCCCCCN1. The Morgan fingerprint density at radius 2 is 1.52 bits per heavy atom. The number of hydrogen-bond donors (Lipinski definition) is 1. The molecule has 0 bridgehead atoms. The second kappa shape index (κ2) is 10.1. The van der Waals surface area contributed by atoms with Crippen LogP contribution >= 0.6 is 0 Å². The monoisotopic (exact) mass is 377 g/mol. The van der Waals surface area contributed by atoms with E-state index in [-0.39, 0.29) is 29.7 Å². The first-order valence-electron chi connectivity index (χ1n) is 11.0. The molecule has 0 radical (unpaired) electrons. The van der Waals surface area contributed by atoms with Crippen LogP contribution in [0.2, 0.25) is 0 Å². The number of carbonyl (C=O) groups is 3. The van der Waals surface area contributed by atoms with Crippen LogP contribution in [0.3, 0.4) is 0 Å². The topological polar surface area (TPSA) is 69.7 Å². The summed E-state index contributed by atoms with van der Waals surface area (Å²) >= 11 is 0. The fraction of sp³-hybridized carbons (Fsp3) is 0.857. The summed E-state index contributed by atoms with van der Waals surface area (Å²) in [7, 11) is 0. The van der Waals surface area contributed by atoms with Crippen LogP contribution in [0.4, 0.5) is 0 Å². The summed E-state index contributed by atoms with van der Waals surface area (Å²) in [6.07, 6.45) is 11.6. The number of nitrogens with zero attached hydrogens (tertiary/aromatic N) is 2. The zero-order valence-corrected chi connectivity index (χ0v) is 16.6. The predicted molar refractivity (Wildman–Crippen MR) is 104 cm³/mol. The molecule has 2 heterocycles. The number of amides is 3. The molecule has 6 heteroatoms.